The number of carbonyl (C=O) groups is 2. The summed E-state index contributed by atoms with van der Waals surface area (Å²) >= 11 is 0. The van der Waals surface area contributed by atoms with Crippen molar-refractivity contribution in [2.45, 2.75) is 6.42 Å². The largest absolute Gasteiger partial charge is 0.359 e. The molecule has 0 saturated heterocycles. The molecule has 0 aliphatic carbocycles. The molecule has 0 fully saturated rings. The van der Waals surface area contributed by atoms with Crippen molar-refractivity contribution in [1.82, 2.24) is 15.3 Å². The minimum absolute atomic E-state index is 0.197. The molecule has 1 rings (SSSR count). The molecule has 1 aromatic rings. The highest BCUT2D eigenvalue weighted by molar-refractivity contribution is 6.02. The first-order chi connectivity index (χ1) is 6.22. The number of hydrogen-bond donors (Lipinski definition) is 3. The van der Waals surface area contributed by atoms with Crippen LogP contribution in [0.3, 0.4) is 0 Å². The highest BCUT2D eigenvalue weighted by Crippen LogP contribution is 1.95. The van der Waals surface area contributed by atoms with Gasteiger partial charge in [-0.15, -0.1) is 0 Å². The minimum atomic E-state index is -0.394. The average Bonchev–Trinajstić information content (AvgIpc) is 2.56. The average molecular weight is 182 g/mol. The second kappa shape index (κ2) is 4.24. The third-order valence-corrected chi connectivity index (χ3v) is 1.36. The quantitative estimate of drug-likeness (QED) is 0.550. The number of hydrogen-bond acceptors (Lipinski definition) is 3. The summed E-state index contributed by atoms with van der Waals surface area (Å²) in [6.45, 7) is 0. The van der Waals surface area contributed by atoms with E-state index in [9.17, 15) is 9.59 Å². The lowest BCUT2D eigenvalue weighted by atomic mass is 10.4. The molecule has 0 bridgehead atoms. The van der Waals surface area contributed by atoms with Gasteiger partial charge in [-0.1, -0.05) is 0 Å². The van der Waals surface area contributed by atoms with Crippen LogP contribution in [0.25, 0.3) is 0 Å². The molecule has 0 aliphatic heterocycles. The van der Waals surface area contributed by atoms with Gasteiger partial charge in [-0.25, -0.2) is 4.98 Å². The van der Waals surface area contributed by atoms with E-state index in [1.807, 2.05) is 0 Å². The van der Waals surface area contributed by atoms with E-state index in [1.165, 1.54) is 13.2 Å². The van der Waals surface area contributed by atoms with Crippen molar-refractivity contribution in [2.75, 3.05) is 12.4 Å². The van der Waals surface area contributed by atoms with E-state index in [1.54, 1.807) is 6.20 Å². The number of amides is 2. The van der Waals surface area contributed by atoms with E-state index < -0.39 is 5.91 Å². The molecule has 6 nitrogen and oxygen atoms in total. The molecule has 1 aromatic heterocycles. The zero-order valence-corrected chi connectivity index (χ0v) is 7.13. The molecule has 3 N–H and O–H groups in total. The molecule has 0 aliphatic rings. The van der Waals surface area contributed by atoms with Crippen LogP contribution in [0.5, 0.6) is 0 Å². The fraction of sp³-hybridized carbons (Fsp3) is 0.286. The number of H-pyrrole nitrogens is 1. The Hall–Kier alpha value is -1.85. The Morgan fingerprint density at radius 2 is 2.31 bits per heavy atom. The lowest BCUT2D eigenvalue weighted by Gasteiger charge is -1.99. The Morgan fingerprint density at radius 3 is 2.85 bits per heavy atom. The van der Waals surface area contributed by atoms with Crippen molar-refractivity contribution < 1.29 is 9.59 Å². The summed E-state index contributed by atoms with van der Waals surface area (Å²) in [5.74, 6) is -0.382. The van der Waals surface area contributed by atoms with Crippen LogP contribution in [0.2, 0.25) is 0 Å². The van der Waals surface area contributed by atoms with E-state index >= 15 is 0 Å². The van der Waals surface area contributed by atoms with Crippen molar-refractivity contribution in [3.8, 4) is 0 Å². The van der Waals surface area contributed by atoms with Crippen molar-refractivity contribution in [3.05, 3.63) is 12.4 Å². The second-order valence-electron chi connectivity index (χ2n) is 2.34. The summed E-state index contributed by atoms with van der Waals surface area (Å²) in [5.41, 5.74) is 0. The molecule has 0 aromatic carbocycles. The van der Waals surface area contributed by atoms with Gasteiger partial charge in [0.05, 0.1) is 0 Å². The molecule has 0 atom stereocenters. The maximum absolute atomic E-state index is 11.0. The molecule has 1 heterocycles. The number of rotatable bonds is 3. The first-order valence-corrected chi connectivity index (χ1v) is 3.72. The molecular weight excluding hydrogens is 172 g/mol. The van der Waals surface area contributed by atoms with E-state index in [-0.39, 0.29) is 12.3 Å². The number of nitrogens with zero attached hydrogens (tertiary/aromatic N) is 1. The van der Waals surface area contributed by atoms with Crippen LogP contribution in [0.15, 0.2) is 12.4 Å². The van der Waals surface area contributed by atoms with Crippen LogP contribution in [0.4, 0.5) is 5.95 Å². The molecule has 0 spiro atoms. The van der Waals surface area contributed by atoms with Crippen molar-refractivity contribution >= 4 is 17.8 Å². The summed E-state index contributed by atoms with van der Waals surface area (Å²) in [6.07, 6.45) is 2.89. The number of aromatic nitrogens is 2. The zero-order valence-electron chi connectivity index (χ0n) is 7.13. The molecule has 70 valence electrons. The summed E-state index contributed by atoms with van der Waals surface area (Å²) in [5, 5.41) is 4.77. The summed E-state index contributed by atoms with van der Waals surface area (Å²) in [6, 6.07) is 0. The van der Waals surface area contributed by atoms with Crippen LogP contribution in [0.1, 0.15) is 6.42 Å². The third-order valence-electron chi connectivity index (χ3n) is 1.36. The zero-order chi connectivity index (χ0) is 9.68. The van der Waals surface area contributed by atoms with E-state index in [0.29, 0.717) is 5.95 Å². The van der Waals surface area contributed by atoms with Gasteiger partial charge in [0.1, 0.15) is 6.42 Å². The van der Waals surface area contributed by atoms with Crippen LogP contribution in [-0.2, 0) is 9.59 Å². The Bertz CT molecular complexity index is 293. The first-order valence-electron chi connectivity index (χ1n) is 3.72. The van der Waals surface area contributed by atoms with Gasteiger partial charge in [0.2, 0.25) is 17.8 Å². The Balaban J connectivity index is 2.38. The molecular formula is C7H10N4O2. The predicted octanol–water partition coefficient (Wildman–Crippen LogP) is -0.516. The molecule has 13 heavy (non-hydrogen) atoms. The highest BCUT2D eigenvalue weighted by atomic mass is 16.2. The monoisotopic (exact) mass is 182 g/mol. The summed E-state index contributed by atoms with van der Waals surface area (Å²) in [7, 11) is 1.47. The van der Waals surface area contributed by atoms with Gasteiger partial charge >= 0.3 is 0 Å². The highest BCUT2D eigenvalue weighted by Gasteiger charge is 2.08. The minimum Gasteiger partial charge on any atom is -0.359 e. The van der Waals surface area contributed by atoms with E-state index in [4.69, 9.17) is 0 Å². The Kier molecular flexibility index (Phi) is 3.02. The molecule has 0 saturated carbocycles. The van der Waals surface area contributed by atoms with Crippen LogP contribution >= 0.6 is 0 Å². The smallest absolute Gasteiger partial charge is 0.236 e. The van der Waals surface area contributed by atoms with Gasteiger partial charge < -0.3 is 10.3 Å². The maximum Gasteiger partial charge on any atom is 0.236 e. The van der Waals surface area contributed by atoms with Crippen molar-refractivity contribution in [3.63, 3.8) is 0 Å². The Morgan fingerprint density at radius 1 is 1.54 bits per heavy atom. The molecule has 6 heteroatoms. The fourth-order valence-corrected chi connectivity index (χ4v) is 0.744. The molecule has 2 amide bonds. The van der Waals surface area contributed by atoms with Gasteiger partial charge in [0, 0.05) is 19.4 Å². The number of nitrogens with one attached hydrogen (secondary N) is 3. The van der Waals surface area contributed by atoms with Gasteiger partial charge in [0.15, 0.2) is 0 Å². The molecule has 0 unspecified atom stereocenters. The van der Waals surface area contributed by atoms with Crippen LogP contribution in [-0.4, -0.2) is 28.8 Å². The second-order valence-corrected chi connectivity index (χ2v) is 2.34. The standard InChI is InChI=1S/C7H10N4O2/c1-8-5(12)4-6(13)11-7-9-2-3-10-7/h2-3H,4H2,1H3,(H,8,12)(H2,9,10,11,13). The van der Waals surface area contributed by atoms with E-state index in [0.717, 1.165) is 0 Å². The van der Waals surface area contributed by atoms with Crippen LogP contribution < -0.4 is 10.6 Å². The summed E-state index contributed by atoms with van der Waals surface area (Å²) in [4.78, 5) is 28.3. The predicted molar refractivity (Wildman–Crippen MR) is 45.9 cm³/mol. The van der Waals surface area contributed by atoms with Crippen LogP contribution in [0, 0.1) is 0 Å². The SMILES string of the molecule is CNC(=O)CC(=O)Nc1ncc[nH]1. The number of aromatic amines is 1. The lowest BCUT2D eigenvalue weighted by molar-refractivity contribution is -0.126. The number of carbonyl (C=O) groups excluding carboxylic acids is 2. The fourth-order valence-electron chi connectivity index (χ4n) is 0.744. The normalized spacial score (nSPS) is 9.31. The van der Waals surface area contributed by atoms with Gasteiger partial charge in [0.25, 0.3) is 0 Å². The van der Waals surface area contributed by atoms with Crippen molar-refractivity contribution in [1.29, 1.82) is 0 Å². The van der Waals surface area contributed by atoms with Crippen molar-refractivity contribution in [2.24, 2.45) is 0 Å². The molecule has 0 radical (unpaired) electrons. The third kappa shape index (κ3) is 2.94. The van der Waals surface area contributed by atoms with E-state index in [2.05, 4.69) is 20.6 Å². The Labute approximate surface area is 74.7 Å². The maximum atomic E-state index is 11.0. The van der Waals surface area contributed by atoms with Gasteiger partial charge in [-0.3, -0.25) is 14.9 Å². The van der Waals surface area contributed by atoms with Gasteiger partial charge in [-0.05, 0) is 0 Å². The number of imidazole rings is 1. The topological polar surface area (TPSA) is 86.9 Å². The van der Waals surface area contributed by atoms with Gasteiger partial charge in [-0.2, -0.15) is 0 Å². The number of anilines is 1. The summed E-state index contributed by atoms with van der Waals surface area (Å²) < 4.78 is 0. The lowest BCUT2D eigenvalue weighted by Crippen LogP contribution is -2.25. The first kappa shape index (κ1) is 9.24.